The lowest BCUT2D eigenvalue weighted by atomic mass is 9.79. The topological polar surface area (TPSA) is 109 Å². The molecule has 1 aromatic heterocycles. The van der Waals surface area contributed by atoms with Crippen molar-refractivity contribution in [3.8, 4) is 0 Å². The van der Waals surface area contributed by atoms with Gasteiger partial charge in [0.1, 0.15) is 5.00 Å². The van der Waals surface area contributed by atoms with Crippen LogP contribution in [-0.4, -0.2) is 22.9 Å². The van der Waals surface area contributed by atoms with Gasteiger partial charge in [-0.15, -0.1) is 11.3 Å². The van der Waals surface area contributed by atoms with E-state index in [-0.39, 0.29) is 23.3 Å². The maximum Gasteiger partial charge on any atom is 0.307 e. The van der Waals surface area contributed by atoms with E-state index in [1.54, 1.807) is 11.4 Å². The van der Waals surface area contributed by atoms with Gasteiger partial charge in [0.15, 0.2) is 0 Å². The minimum atomic E-state index is -0.928. The van der Waals surface area contributed by atoms with Gasteiger partial charge in [-0.3, -0.25) is 14.4 Å². The second-order valence-electron chi connectivity index (χ2n) is 6.65. The fourth-order valence-electron chi connectivity index (χ4n) is 4.40. The smallest absolute Gasteiger partial charge is 0.307 e. The number of nitrogens with one attached hydrogen (secondary N) is 1. The summed E-state index contributed by atoms with van der Waals surface area (Å²) >= 11 is 1.21. The SMILES string of the molecule is CC(C)=C1C2CCC1C(C(=O)Nc1sccc1C(N)=O)C2C(=O)O. The van der Waals surface area contributed by atoms with Gasteiger partial charge >= 0.3 is 5.97 Å². The number of hydrogen-bond acceptors (Lipinski definition) is 4. The van der Waals surface area contributed by atoms with Crippen LogP contribution >= 0.6 is 11.3 Å². The fraction of sp³-hybridized carbons (Fsp3) is 0.471. The molecule has 2 fully saturated rings. The first-order valence-electron chi connectivity index (χ1n) is 7.91. The van der Waals surface area contributed by atoms with E-state index < -0.39 is 23.7 Å². The number of thiophene rings is 1. The Morgan fingerprint density at radius 3 is 2.38 bits per heavy atom. The first kappa shape index (κ1) is 16.7. The summed E-state index contributed by atoms with van der Waals surface area (Å²) in [6.45, 7) is 3.95. The molecule has 0 aliphatic heterocycles. The summed E-state index contributed by atoms with van der Waals surface area (Å²) < 4.78 is 0. The Morgan fingerprint density at radius 2 is 1.83 bits per heavy atom. The summed E-state index contributed by atoms with van der Waals surface area (Å²) in [7, 11) is 0. The Morgan fingerprint density at radius 1 is 1.21 bits per heavy atom. The number of anilines is 1. The molecule has 1 heterocycles. The Bertz CT molecular complexity index is 748. The number of amides is 2. The molecule has 7 heteroatoms. The first-order chi connectivity index (χ1) is 11.3. The predicted molar refractivity (Wildman–Crippen MR) is 90.7 cm³/mol. The van der Waals surface area contributed by atoms with Crippen LogP contribution in [0, 0.1) is 23.7 Å². The highest BCUT2D eigenvalue weighted by atomic mass is 32.1. The van der Waals surface area contributed by atoms with E-state index in [1.807, 2.05) is 13.8 Å². The monoisotopic (exact) mass is 348 g/mol. The Balaban J connectivity index is 1.91. The highest BCUT2D eigenvalue weighted by Gasteiger charge is 2.57. The van der Waals surface area contributed by atoms with Crippen LogP contribution in [0.5, 0.6) is 0 Å². The van der Waals surface area contributed by atoms with Crippen molar-refractivity contribution in [2.75, 3.05) is 5.32 Å². The zero-order valence-electron chi connectivity index (χ0n) is 13.5. The molecule has 0 spiro atoms. The van der Waals surface area contributed by atoms with Gasteiger partial charge in [-0.05, 0) is 50.0 Å². The molecule has 128 valence electrons. The molecule has 0 radical (unpaired) electrons. The van der Waals surface area contributed by atoms with Crippen molar-refractivity contribution in [2.45, 2.75) is 26.7 Å². The maximum absolute atomic E-state index is 12.8. The highest BCUT2D eigenvalue weighted by molar-refractivity contribution is 7.14. The molecule has 0 aromatic carbocycles. The van der Waals surface area contributed by atoms with Gasteiger partial charge in [0.25, 0.3) is 5.91 Å². The molecule has 4 unspecified atom stereocenters. The van der Waals surface area contributed by atoms with E-state index in [2.05, 4.69) is 5.32 Å². The summed E-state index contributed by atoms with van der Waals surface area (Å²) in [5.74, 6) is -3.27. The molecule has 2 amide bonds. The van der Waals surface area contributed by atoms with Crippen LogP contribution in [0.2, 0.25) is 0 Å². The number of carboxylic acids is 1. The van der Waals surface area contributed by atoms with Crippen molar-refractivity contribution >= 4 is 34.1 Å². The van der Waals surface area contributed by atoms with E-state index in [1.165, 1.54) is 11.3 Å². The highest BCUT2D eigenvalue weighted by Crippen LogP contribution is 2.57. The van der Waals surface area contributed by atoms with E-state index in [0.717, 1.165) is 24.0 Å². The van der Waals surface area contributed by atoms with Gasteiger partial charge in [-0.1, -0.05) is 11.1 Å². The lowest BCUT2D eigenvalue weighted by Crippen LogP contribution is -2.38. The zero-order valence-corrected chi connectivity index (χ0v) is 14.4. The molecule has 0 saturated heterocycles. The molecular weight excluding hydrogens is 328 g/mol. The molecule has 1 aromatic rings. The molecule has 2 saturated carbocycles. The quantitative estimate of drug-likeness (QED) is 0.726. The number of hydrogen-bond donors (Lipinski definition) is 3. The lowest BCUT2D eigenvalue weighted by molar-refractivity contribution is -0.148. The fourth-order valence-corrected chi connectivity index (χ4v) is 5.20. The van der Waals surface area contributed by atoms with Gasteiger partial charge in [0, 0.05) is 0 Å². The van der Waals surface area contributed by atoms with Crippen LogP contribution in [0.1, 0.15) is 37.0 Å². The Kier molecular flexibility index (Phi) is 4.21. The Labute approximate surface area is 143 Å². The second-order valence-corrected chi connectivity index (χ2v) is 7.57. The zero-order chi connectivity index (χ0) is 17.6. The summed E-state index contributed by atoms with van der Waals surface area (Å²) in [6, 6.07) is 1.56. The van der Waals surface area contributed by atoms with Crippen molar-refractivity contribution in [1.29, 1.82) is 0 Å². The van der Waals surface area contributed by atoms with Gasteiger partial charge in [0.05, 0.1) is 17.4 Å². The summed E-state index contributed by atoms with van der Waals surface area (Å²) in [6.07, 6.45) is 1.65. The van der Waals surface area contributed by atoms with Crippen LogP contribution in [0.4, 0.5) is 5.00 Å². The first-order valence-corrected chi connectivity index (χ1v) is 8.79. The van der Waals surface area contributed by atoms with Gasteiger partial charge < -0.3 is 16.2 Å². The maximum atomic E-state index is 12.8. The lowest BCUT2D eigenvalue weighted by Gasteiger charge is -2.26. The average Bonchev–Trinajstić information content (AvgIpc) is 3.18. The molecule has 24 heavy (non-hydrogen) atoms. The largest absolute Gasteiger partial charge is 0.481 e. The van der Waals surface area contributed by atoms with E-state index in [4.69, 9.17) is 5.73 Å². The molecule has 2 aliphatic rings. The summed E-state index contributed by atoms with van der Waals surface area (Å²) in [4.78, 5) is 36.0. The van der Waals surface area contributed by atoms with Crippen LogP contribution < -0.4 is 11.1 Å². The summed E-state index contributed by atoms with van der Waals surface area (Å²) in [5.41, 5.74) is 7.79. The van der Waals surface area contributed by atoms with E-state index in [0.29, 0.717) is 5.00 Å². The molecule has 3 rings (SSSR count). The molecular formula is C17H20N2O4S. The molecule has 2 bridgehead atoms. The van der Waals surface area contributed by atoms with Crippen LogP contribution in [0.15, 0.2) is 22.6 Å². The molecule has 2 aliphatic carbocycles. The third-order valence-corrected chi connectivity index (χ3v) is 6.00. The second kappa shape index (κ2) is 6.05. The molecule has 4 N–H and O–H groups in total. The average molecular weight is 348 g/mol. The van der Waals surface area contributed by atoms with Crippen molar-refractivity contribution in [3.63, 3.8) is 0 Å². The van der Waals surface area contributed by atoms with Crippen molar-refractivity contribution in [1.82, 2.24) is 0 Å². The number of aliphatic carboxylic acids is 1. The third kappa shape index (κ3) is 2.53. The Hall–Kier alpha value is -2.15. The van der Waals surface area contributed by atoms with Crippen molar-refractivity contribution < 1.29 is 19.5 Å². The minimum Gasteiger partial charge on any atom is -0.481 e. The van der Waals surface area contributed by atoms with Crippen molar-refractivity contribution in [3.05, 3.63) is 28.2 Å². The predicted octanol–water partition coefficient (Wildman–Crippen LogP) is 2.48. The number of primary amides is 1. The standard InChI is InChI=1S/C17H20N2O4S/c1-7(2)11-8-3-4-9(11)13(17(22)23)12(8)15(21)19-16-10(14(18)20)5-6-24-16/h5-6,8-9,12-13H,3-4H2,1-2H3,(H2,18,20)(H,19,21)(H,22,23). The number of carbonyl (C=O) groups is 3. The third-order valence-electron chi connectivity index (χ3n) is 5.17. The van der Waals surface area contributed by atoms with Crippen LogP contribution in [0.25, 0.3) is 0 Å². The number of rotatable bonds is 4. The molecule has 4 atom stereocenters. The van der Waals surface area contributed by atoms with Gasteiger partial charge in [0.2, 0.25) is 5.91 Å². The number of fused-ring (bicyclic) bond motifs is 2. The van der Waals surface area contributed by atoms with Gasteiger partial charge in [-0.2, -0.15) is 0 Å². The van der Waals surface area contributed by atoms with Crippen molar-refractivity contribution in [2.24, 2.45) is 29.4 Å². The number of nitrogens with two attached hydrogens (primary N) is 1. The number of carbonyl (C=O) groups excluding carboxylic acids is 2. The van der Waals surface area contributed by atoms with Crippen LogP contribution in [0.3, 0.4) is 0 Å². The van der Waals surface area contributed by atoms with Gasteiger partial charge in [-0.25, -0.2) is 0 Å². The summed E-state index contributed by atoms with van der Waals surface area (Å²) in [5, 5.41) is 14.4. The number of allylic oxidation sites excluding steroid dienone is 2. The van der Waals surface area contributed by atoms with E-state index in [9.17, 15) is 19.5 Å². The number of carboxylic acid groups (broad SMARTS) is 1. The molecule has 6 nitrogen and oxygen atoms in total. The van der Waals surface area contributed by atoms with Crippen LogP contribution in [-0.2, 0) is 9.59 Å². The minimum absolute atomic E-state index is 0.0295. The normalized spacial score (nSPS) is 28.0. The van der Waals surface area contributed by atoms with E-state index >= 15 is 0 Å².